The number of nitrogens with zero attached hydrogens (tertiary/aromatic N) is 1. The maximum atomic E-state index is 11.2. The van der Waals surface area contributed by atoms with Crippen LogP contribution in [0.25, 0.3) is 0 Å². The van der Waals surface area contributed by atoms with E-state index in [9.17, 15) is 9.90 Å². The lowest BCUT2D eigenvalue weighted by molar-refractivity contribution is 0.0696. The number of anilines is 1. The Labute approximate surface area is 124 Å². The number of aromatic carboxylic acids is 1. The third-order valence-corrected chi connectivity index (χ3v) is 3.24. The Kier molecular flexibility index (Phi) is 4.58. The standard InChI is InChI=1S/C17H20N2O2/c1-11(2)15-8-14(17(20)21)9-16(19-15)18-10-13-6-4-5-12(3)7-13/h4-9,11H,10H2,1-3H3,(H,18,19)(H,20,21). The summed E-state index contributed by atoms with van der Waals surface area (Å²) in [5.74, 6) is -0.151. The molecular weight excluding hydrogens is 264 g/mol. The van der Waals surface area contributed by atoms with E-state index in [1.54, 1.807) is 12.1 Å². The first-order valence-corrected chi connectivity index (χ1v) is 7.00. The lowest BCUT2D eigenvalue weighted by Gasteiger charge is -2.11. The highest BCUT2D eigenvalue weighted by Gasteiger charge is 2.10. The van der Waals surface area contributed by atoms with E-state index in [0.29, 0.717) is 12.4 Å². The molecule has 1 aromatic carbocycles. The highest BCUT2D eigenvalue weighted by atomic mass is 16.4. The molecule has 4 heteroatoms. The number of hydrogen-bond acceptors (Lipinski definition) is 3. The fourth-order valence-electron chi connectivity index (χ4n) is 2.08. The molecule has 0 amide bonds. The van der Waals surface area contributed by atoms with Crippen LogP contribution in [-0.4, -0.2) is 16.1 Å². The van der Waals surface area contributed by atoms with Crippen LogP contribution in [0.4, 0.5) is 5.82 Å². The molecule has 0 unspecified atom stereocenters. The Bertz CT molecular complexity index is 651. The number of hydrogen-bond donors (Lipinski definition) is 2. The summed E-state index contributed by atoms with van der Waals surface area (Å²) in [6.45, 7) is 6.66. The third kappa shape index (κ3) is 4.05. The lowest BCUT2D eigenvalue weighted by Crippen LogP contribution is -2.07. The molecule has 0 radical (unpaired) electrons. The van der Waals surface area contributed by atoms with Gasteiger partial charge < -0.3 is 10.4 Å². The summed E-state index contributed by atoms with van der Waals surface area (Å²) in [4.78, 5) is 15.7. The lowest BCUT2D eigenvalue weighted by atomic mass is 10.1. The van der Waals surface area contributed by atoms with Gasteiger partial charge in [0.25, 0.3) is 0 Å². The van der Waals surface area contributed by atoms with Gasteiger partial charge in [0, 0.05) is 12.2 Å². The summed E-state index contributed by atoms with van der Waals surface area (Å²) in [5, 5.41) is 12.4. The summed E-state index contributed by atoms with van der Waals surface area (Å²) in [7, 11) is 0. The fourth-order valence-corrected chi connectivity index (χ4v) is 2.08. The van der Waals surface area contributed by atoms with E-state index in [-0.39, 0.29) is 11.5 Å². The molecule has 0 saturated heterocycles. The second kappa shape index (κ2) is 6.39. The average molecular weight is 284 g/mol. The van der Waals surface area contributed by atoms with Gasteiger partial charge in [0.05, 0.1) is 5.56 Å². The molecule has 0 aliphatic carbocycles. The number of aromatic nitrogens is 1. The molecule has 2 rings (SSSR count). The van der Waals surface area contributed by atoms with Crippen molar-refractivity contribution in [2.45, 2.75) is 33.2 Å². The number of aryl methyl sites for hydroxylation is 1. The van der Waals surface area contributed by atoms with Crippen LogP contribution in [0.1, 0.15) is 46.9 Å². The van der Waals surface area contributed by atoms with Gasteiger partial charge in [-0.15, -0.1) is 0 Å². The van der Waals surface area contributed by atoms with Crippen LogP contribution >= 0.6 is 0 Å². The monoisotopic (exact) mass is 284 g/mol. The Hall–Kier alpha value is -2.36. The highest BCUT2D eigenvalue weighted by Crippen LogP contribution is 2.18. The van der Waals surface area contributed by atoms with Crippen molar-refractivity contribution in [3.05, 3.63) is 58.8 Å². The summed E-state index contributed by atoms with van der Waals surface area (Å²) < 4.78 is 0. The summed E-state index contributed by atoms with van der Waals surface area (Å²) >= 11 is 0. The van der Waals surface area contributed by atoms with Crippen molar-refractivity contribution in [3.63, 3.8) is 0 Å². The maximum Gasteiger partial charge on any atom is 0.335 e. The second-order valence-corrected chi connectivity index (χ2v) is 5.47. The molecule has 2 aromatic rings. The van der Waals surface area contributed by atoms with Gasteiger partial charge >= 0.3 is 5.97 Å². The number of carboxylic acid groups (broad SMARTS) is 1. The zero-order valence-electron chi connectivity index (χ0n) is 12.6. The van der Waals surface area contributed by atoms with E-state index < -0.39 is 5.97 Å². The minimum Gasteiger partial charge on any atom is -0.478 e. The zero-order chi connectivity index (χ0) is 15.4. The van der Waals surface area contributed by atoms with Crippen molar-refractivity contribution in [1.29, 1.82) is 0 Å². The van der Waals surface area contributed by atoms with Gasteiger partial charge in [0.2, 0.25) is 0 Å². The smallest absolute Gasteiger partial charge is 0.335 e. The Balaban J connectivity index is 2.21. The normalized spacial score (nSPS) is 10.7. The number of carboxylic acids is 1. The molecule has 0 aliphatic rings. The van der Waals surface area contributed by atoms with Crippen molar-refractivity contribution in [3.8, 4) is 0 Å². The van der Waals surface area contributed by atoms with Crippen LogP contribution in [0.5, 0.6) is 0 Å². The number of pyridine rings is 1. The van der Waals surface area contributed by atoms with Gasteiger partial charge in [-0.1, -0.05) is 43.7 Å². The quantitative estimate of drug-likeness (QED) is 0.876. The number of rotatable bonds is 5. The van der Waals surface area contributed by atoms with Crippen LogP contribution in [0.2, 0.25) is 0 Å². The average Bonchev–Trinajstić information content (AvgIpc) is 2.45. The number of nitrogens with one attached hydrogen (secondary N) is 1. The molecule has 0 bridgehead atoms. The minimum absolute atomic E-state index is 0.184. The Morgan fingerprint density at radius 1 is 1.29 bits per heavy atom. The topological polar surface area (TPSA) is 62.2 Å². The first kappa shape index (κ1) is 15.0. The predicted octanol–water partition coefficient (Wildman–Crippen LogP) is 3.82. The summed E-state index contributed by atoms with van der Waals surface area (Å²) in [6.07, 6.45) is 0. The molecule has 0 fully saturated rings. The SMILES string of the molecule is Cc1cccc(CNc2cc(C(=O)O)cc(C(C)C)n2)c1. The van der Waals surface area contributed by atoms with E-state index in [1.165, 1.54) is 5.56 Å². The minimum atomic E-state index is -0.932. The van der Waals surface area contributed by atoms with Crippen LogP contribution in [0.15, 0.2) is 36.4 Å². The molecule has 21 heavy (non-hydrogen) atoms. The van der Waals surface area contributed by atoms with Crippen molar-refractivity contribution in [2.75, 3.05) is 5.32 Å². The summed E-state index contributed by atoms with van der Waals surface area (Å²) in [6, 6.07) is 11.4. The van der Waals surface area contributed by atoms with Gasteiger partial charge in [0.15, 0.2) is 0 Å². The van der Waals surface area contributed by atoms with Crippen LogP contribution in [0.3, 0.4) is 0 Å². The zero-order valence-corrected chi connectivity index (χ0v) is 12.6. The molecular formula is C17H20N2O2. The van der Waals surface area contributed by atoms with E-state index in [4.69, 9.17) is 0 Å². The molecule has 1 heterocycles. The molecule has 0 saturated carbocycles. The molecule has 110 valence electrons. The first-order chi connectivity index (χ1) is 9.95. The summed E-state index contributed by atoms with van der Waals surface area (Å²) in [5.41, 5.74) is 3.38. The van der Waals surface area contributed by atoms with E-state index >= 15 is 0 Å². The second-order valence-electron chi connectivity index (χ2n) is 5.47. The molecule has 0 aliphatic heterocycles. The highest BCUT2D eigenvalue weighted by molar-refractivity contribution is 5.88. The molecule has 4 nitrogen and oxygen atoms in total. The number of benzene rings is 1. The van der Waals surface area contributed by atoms with Crippen LogP contribution in [0, 0.1) is 6.92 Å². The molecule has 0 atom stereocenters. The van der Waals surface area contributed by atoms with Gasteiger partial charge in [-0.3, -0.25) is 0 Å². The fraction of sp³-hybridized carbons (Fsp3) is 0.294. The maximum absolute atomic E-state index is 11.2. The Morgan fingerprint density at radius 3 is 2.67 bits per heavy atom. The van der Waals surface area contributed by atoms with Crippen LogP contribution < -0.4 is 5.32 Å². The van der Waals surface area contributed by atoms with Crippen molar-refractivity contribution >= 4 is 11.8 Å². The van der Waals surface area contributed by atoms with Gasteiger partial charge in [-0.05, 0) is 30.5 Å². The van der Waals surface area contributed by atoms with Crippen molar-refractivity contribution in [1.82, 2.24) is 4.98 Å². The van der Waals surface area contributed by atoms with E-state index in [2.05, 4.69) is 16.4 Å². The van der Waals surface area contributed by atoms with Crippen molar-refractivity contribution in [2.24, 2.45) is 0 Å². The third-order valence-electron chi connectivity index (χ3n) is 3.24. The molecule has 2 N–H and O–H groups in total. The predicted molar refractivity (Wildman–Crippen MR) is 83.8 cm³/mol. The first-order valence-electron chi connectivity index (χ1n) is 7.00. The van der Waals surface area contributed by atoms with Crippen LogP contribution in [-0.2, 0) is 6.54 Å². The van der Waals surface area contributed by atoms with Gasteiger partial charge in [-0.2, -0.15) is 0 Å². The molecule has 1 aromatic heterocycles. The largest absolute Gasteiger partial charge is 0.478 e. The van der Waals surface area contributed by atoms with Crippen molar-refractivity contribution < 1.29 is 9.90 Å². The van der Waals surface area contributed by atoms with Gasteiger partial charge in [0.1, 0.15) is 5.82 Å². The number of carbonyl (C=O) groups is 1. The Morgan fingerprint density at radius 2 is 2.05 bits per heavy atom. The van der Waals surface area contributed by atoms with E-state index in [0.717, 1.165) is 11.3 Å². The van der Waals surface area contributed by atoms with E-state index in [1.807, 2.05) is 39.0 Å². The van der Waals surface area contributed by atoms with Gasteiger partial charge in [-0.25, -0.2) is 9.78 Å². The molecule has 0 spiro atoms.